The van der Waals surface area contributed by atoms with Crippen LogP contribution in [0.3, 0.4) is 0 Å². The van der Waals surface area contributed by atoms with Crippen LogP contribution in [0.25, 0.3) is 89.9 Å². The first-order valence-electron chi connectivity index (χ1n) is 25.1. The molecule has 0 spiro atoms. The summed E-state index contributed by atoms with van der Waals surface area (Å²) in [6.07, 6.45) is 11.6. The molecule has 0 aliphatic heterocycles. The summed E-state index contributed by atoms with van der Waals surface area (Å²) in [6.45, 7) is 2.69. The van der Waals surface area contributed by atoms with Crippen molar-refractivity contribution in [3.8, 4) is 11.1 Å². The third-order valence-corrected chi connectivity index (χ3v) is 16.8. The lowest BCUT2D eigenvalue weighted by Crippen LogP contribution is -2.07. The number of carbonyl (C=O) groups is 2. The topological polar surface area (TPSA) is 163 Å². The van der Waals surface area contributed by atoms with Crippen LogP contribution in [0, 0.1) is 48.1 Å². The zero-order valence-corrected chi connectivity index (χ0v) is 55.8. The monoisotopic (exact) mass is 1660 g/mol. The van der Waals surface area contributed by atoms with Gasteiger partial charge >= 0.3 is 0 Å². The molecule has 6 aromatic heterocycles. The van der Waals surface area contributed by atoms with Crippen molar-refractivity contribution in [2.75, 3.05) is 0 Å². The minimum Gasteiger partial charge on any atom is -0.278 e. The van der Waals surface area contributed by atoms with Gasteiger partial charge in [-0.25, -0.2) is 35.4 Å². The van der Waals surface area contributed by atoms with Gasteiger partial charge in [0.25, 0.3) is 0 Å². The number of aromatic nitrogens is 12. The maximum absolute atomic E-state index is 14.8. The zero-order valence-electron chi connectivity index (χ0n) is 45.1. The van der Waals surface area contributed by atoms with E-state index in [1.807, 2.05) is 12.2 Å². The quantitative estimate of drug-likeness (QED) is 0.127. The summed E-state index contributed by atoms with van der Waals surface area (Å²) in [5.41, 5.74) is 6.67. The number of halogens is 13. The van der Waals surface area contributed by atoms with Crippen LogP contribution in [0.1, 0.15) is 46.0 Å². The van der Waals surface area contributed by atoms with Crippen molar-refractivity contribution < 1.29 is 40.3 Å². The molecular formula is C60H39Br4F7I2N12O2. The Labute approximate surface area is 549 Å². The van der Waals surface area contributed by atoms with Gasteiger partial charge in [0.2, 0.25) is 11.8 Å². The lowest BCUT2D eigenvalue weighted by atomic mass is 10.0. The number of aryl methyl sites for hydroxylation is 2. The van der Waals surface area contributed by atoms with E-state index in [1.54, 1.807) is 96.4 Å². The molecule has 13 rings (SSSR count). The highest BCUT2D eigenvalue weighted by Crippen LogP contribution is 2.32. The molecule has 0 radical (unpaired) electrons. The Morgan fingerprint density at radius 2 is 1.03 bits per heavy atom. The van der Waals surface area contributed by atoms with Crippen molar-refractivity contribution >= 4 is 200 Å². The van der Waals surface area contributed by atoms with Crippen molar-refractivity contribution in [2.45, 2.75) is 13.8 Å². The highest BCUT2D eigenvalue weighted by molar-refractivity contribution is 14.1. The number of rotatable bonds is 5. The molecule has 0 bridgehead atoms. The molecule has 0 amide bonds. The maximum atomic E-state index is 14.8. The van der Waals surface area contributed by atoms with Gasteiger partial charge < -0.3 is 0 Å². The second-order valence-electron chi connectivity index (χ2n) is 18.7. The normalized spacial score (nSPS) is 11.3. The minimum atomic E-state index is -0.568. The maximum Gasteiger partial charge on any atom is 0.244 e. The Bertz CT molecular complexity index is 4730. The van der Waals surface area contributed by atoms with Crippen molar-refractivity contribution in [2.24, 2.45) is 14.1 Å². The molecule has 0 aliphatic carbocycles. The molecule has 0 aliphatic rings. The number of nitrogens with zero attached hydrogens (tertiary/aromatic N) is 10. The number of H-pyrrole nitrogens is 2. The average Bonchev–Trinajstić information content (AvgIpc) is 1.86. The first-order chi connectivity index (χ1) is 41.4. The first kappa shape index (κ1) is 64.3. The summed E-state index contributed by atoms with van der Waals surface area (Å²) >= 11 is 16.8. The third-order valence-electron chi connectivity index (χ3n) is 12.7. The lowest BCUT2D eigenvalue weighted by Gasteiger charge is -2.02. The molecule has 0 saturated carbocycles. The summed E-state index contributed by atoms with van der Waals surface area (Å²) < 4.78 is 102. The van der Waals surface area contributed by atoms with Gasteiger partial charge in [0, 0.05) is 103 Å². The van der Waals surface area contributed by atoms with E-state index >= 15 is 0 Å². The Hall–Kier alpha value is -7.19. The number of fused-ring (bicyclic) bond motifs is 5. The molecule has 14 nitrogen and oxygen atoms in total. The van der Waals surface area contributed by atoms with Crippen molar-refractivity contribution in [1.82, 2.24) is 59.5 Å². The fraction of sp³-hybridized carbons (Fsp3) is 0.0667. The SMILES string of the molecule is CC(=O)n1cc(-c2cc3c(/C=C/c4ccc(F)cc4)nn(C(C)=O)c3cc2F)cn1.Cn1nc(/C=C/c2ccc(F)cc2)c2cc(Br)c(F)cc21.Cn1nc(I)c2cc(Br)c(F)cc21.Fc1cc2[nH]ncc2cc1Br.Fc1cc2n[nH]c(I)c2cc1Br. The molecule has 13 aromatic rings. The summed E-state index contributed by atoms with van der Waals surface area (Å²) in [5.74, 6) is -2.98. The number of hydrogen-bond acceptors (Lipinski definition) is 8. The number of benzene rings is 7. The van der Waals surface area contributed by atoms with E-state index in [0.717, 1.165) is 66.2 Å². The third kappa shape index (κ3) is 15.2. The van der Waals surface area contributed by atoms with Gasteiger partial charge in [-0.2, -0.15) is 35.3 Å². The number of hydrogen-bond donors (Lipinski definition) is 2. The largest absolute Gasteiger partial charge is 0.278 e. The summed E-state index contributed by atoms with van der Waals surface area (Å²) in [6, 6.07) is 27.5. The number of nitrogens with one attached hydrogen (secondary N) is 2. The van der Waals surface area contributed by atoms with Gasteiger partial charge in [-0.3, -0.25) is 29.2 Å². The van der Waals surface area contributed by atoms with Crippen LogP contribution in [-0.4, -0.2) is 71.3 Å². The van der Waals surface area contributed by atoms with Gasteiger partial charge in [0.05, 0.1) is 69.3 Å². The molecule has 0 atom stereocenters. The highest BCUT2D eigenvalue weighted by Gasteiger charge is 2.19. The van der Waals surface area contributed by atoms with Gasteiger partial charge in [0.15, 0.2) is 0 Å². The molecule has 6 heterocycles. The van der Waals surface area contributed by atoms with Crippen LogP contribution in [0.15, 0.2) is 146 Å². The molecular weight excluding hydrogens is 1630 g/mol. The Morgan fingerprint density at radius 1 is 0.529 bits per heavy atom. The zero-order chi connectivity index (χ0) is 62.5. The minimum absolute atomic E-state index is 0.231. The second-order valence-corrected chi connectivity index (χ2v) is 24.2. The van der Waals surface area contributed by atoms with E-state index in [2.05, 4.69) is 150 Å². The standard InChI is InChI=1S/C22H16F2N4O2.C16H11BrF2N2.C8H5BrFIN2.C7H3BrFIN2.C7H4BrFN2/c1-13(29)27-12-16(11-25-27)18-9-19-21(8-5-15-3-6-17(23)7-4-15)26-28(14(2)30)22(19)10-20(18)24;1-21-16-9-14(19)13(17)8-12(16)15(20-21)7-4-10-2-5-11(18)6-3-10;1-13-7-3-6(10)5(9)2-4(7)8(11)12-13;8-4-1-3-6(2-5(4)9)11-12-7(3)10;8-5-1-4-3-10-11-7(4)2-6(5)9/h3-12H,1-2H3;2-9H,1H3;2-3H,1H3;1-2H,(H,11,12);1-3H,(H,10,11)/b8-5+;7-4+;;;. The number of carbonyl (C=O) groups excluding carboxylic acids is 2. The summed E-state index contributed by atoms with van der Waals surface area (Å²) in [5, 5.41) is 34.2. The van der Waals surface area contributed by atoms with Crippen LogP contribution in [0.5, 0.6) is 0 Å². The second kappa shape index (κ2) is 27.9. The molecule has 0 unspecified atom stereocenters. The van der Waals surface area contributed by atoms with E-state index in [0.29, 0.717) is 51.1 Å². The first-order valence-corrected chi connectivity index (χ1v) is 30.5. The highest BCUT2D eigenvalue weighted by atomic mass is 127. The smallest absolute Gasteiger partial charge is 0.244 e. The van der Waals surface area contributed by atoms with Gasteiger partial charge in [-0.05, 0) is 187 Å². The van der Waals surface area contributed by atoms with Crippen LogP contribution < -0.4 is 0 Å². The molecule has 87 heavy (non-hydrogen) atoms. The lowest BCUT2D eigenvalue weighted by molar-refractivity contribution is 0.0915. The van der Waals surface area contributed by atoms with Gasteiger partial charge in [-0.1, -0.05) is 36.4 Å². The average molecular weight is 1670 g/mol. The predicted molar refractivity (Wildman–Crippen MR) is 354 cm³/mol. The van der Waals surface area contributed by atoms with Crippen LogP contribution >= 0.6 is 109 Å². The van der Waals surface area contributed by atoms with Crippen molar-refractivity contribution in [3.05, 3.63) is 216 Å². The molecule has 0 fully saturated rings. The van der Waals surface area contributed by atoms with Crippen LogP contribution in [0.4, 0.5) is 30.7 Å². The molecule has 0 saturated heterocycles. The van der Waals surface area contributed by atoms with E-state index in [9.17, 15) is 40.3 Å². The fourth-order valence-corrected chi connectivity index (χ4v) is 11.1. The molecule has 7 aromatic carbocycles. The summed E-state index contributed by atoms with van der Waals surface area (Å²) in [7, 11) is 3.57. The van der Waals surface area contributed by atoms with Gasteiger partial charge in [0.1, 0.15) is 48.1 Å². The Kier molecular flexibility index (Phi) is 20.6. The van der Waals surface area contributed by atoms with E-state index in [4.69, 9.17) is 0 Å². The fourth-order valence-electron chi connectivity index (χ4n) is 8.40. The predicted octanol–water partition coefficient (Wildman–Crippen LogP) is 18.1. The van der Waals surface area contributed by atoms with E-state index in [-0.39, 0.29) is 52.3 Å². The van der Waals surface area contributed by atoms with E-state index < -0.39 is 5.82 Å². The molecule has 442 valence electrons. The van der Waals surface area contributed by atoms with Gasteiger partial charge in [-0.15, -0.1) is 0 Å². The van der Waals surface area contributed by atoms with Crippen molar-refractivity contribution in [1.29, 1.82) is 0 Å². The van der Waals surface area contributed by atoms with Crippen molar-refractivity contribution in [3.63, 3.8) is 0 Å². The van der Waals surface area contributed by atoms with E-state index in [1.165, 1.54) is 80.8 Å². The summed E-state index contributed by atoms with van der Waals surface area (Å²) in [4.78, 5) is 23.5. The Morgan fingerprint density at radius 3 is 1.62 bits per heavy atom. The number of aromatic amines is 2. The Balaban J connectivity index is 0.000000138. The molecule has 27 heteroatoms. The molecule has 2 N–H and O–H groups in total. The van der Waals surface area contributed by atoms with Crippen LogP contribution in [-0.2, 0) is 14.1 Å². The van der Waals surface area contributed by atoms with Crippen LogP contribution in [0.2, 0.25) is 0 Å².